The number of para-hydroxylation sites is 1. The highest BCUT2D eigenvalue weighted by atomic mass is 32.2. The molecule has 2 amide bonds. The van der Waals surface area contributed by atoms with E-state index in [2.05, 4.69) is 36.7 Å². The zero-order chi connectivity index (χ0) is 32.5. The summed E-state index contributed by atoms with van der Waals surface area (Å²) in [6, 6.07) is 21.2. The van der Waals surface area contributed by atoms with Gasteiger partial charge in [-0.1, -0.05) is 56.7 Å². The molecule has 2 aliphatic rings. The normalized spacial score (nSPS) is 16.1. The minimum atomic E-state index is -3.91. The molecule has 1 aromatic heterocycles. The minimum Gasteiger partial charge on any atom is -0.486 e. The Kier molecular flexibility index (Phi) is 8.80. The molecule has 6 rings (SSSR count). The van der Waals surface area contributed by atoms with Crippen molar-refractivity contribution in [1.82, 2.24) is 15.1 Å². The van der Waals surface area contributed by atoms with Crippen LogP contribution in [-0.4, -0.2) is 50.5 Å². The van der Waals surface area contributed by atoms with Crippen molar-refractivity contribution in [3.63, 3.8) is 0 Å². The Hall–Kier alpha value is -4.35. The summed E-state index contributed by atoms with van der Waals surface area (Å²) in [7, 11) is -3.91. The quantitative estimate of drug-likeness (QED) is 0.213. The topological polar surface area (TPSA) is 124 Å². The van der Waals surface area contributed by atoms with Crippen molar-refractivity contribution in [2.75, 3.05) is 36.9 Å². The van der Waals surface area contributed by atoms with E-state index in [1.807, 2.05) is 43.3 Å². The highest BCUT2D eigenvalue weighted by Crippen LogP contribution is 2.44. The van der Waals surface area contributed by atoms with Crippen molar-refractivity contribution >= 4 is 27.4 Å². The fourth-order valence-electron chi connectivity index (χ4n) is 6.02. The summed E-state index contributed by atoms with van der Waals surface area (Å²) < 4.78 is 42.1. The van der Waals surface area contributed by atoms with E-state index >= 15 is 0 Å². The summed E-state index contributed by atoms with van der Waals surface area (Å²) in [6.07, 6.45) is 1.36. The van der Waals surface area contributed by atoms with Crippen molar-refractivity contribution in [2.24, 2.45) is 5.92 Å². The molecule has 0 bridgehead atoms. The van der Waals surface area contributed by atoms with Gasteiger partial charge in [-0.25, -0.2) is 17.9 Å². The number of carbonyl (C=O) groups excluding carboxylic acids is 1. The van der Waals surface area contributed by atoms with Crippen molar-refractivity contribution in [2.45, 2.75) is 56.1 Å². The molecule has 0 saturated carbocycles. The molecule has 3 N–H and O–H groups in total. The van der Waals surface area contributed by atoms with Crippen molar-refractivity contribution in [1.29, 1.82) is 0 Å². The molecule has 46 heavy (non-hydrogen) atoms. The molecule has 3 heterocycles. The molecule has 1 fully saturated rings. The number of nitrogens with zero attached hydrogens (tertiary/aromatic N) is 2. The van der Waals surface area contributed by atoms with Gasteiger partial charge >= 0.3 is 6.03 Å². The van der Waals surface area contributed by atoms with E-state index in [4.69, 9.17) is 14.6 Å². The molecule has 11 heteroatoms. The van der Waals surface area contributed by atoms with Gasteiger partial charge in [-0.05, 0) is 74.7 Å². The molecule has 10 nitrogen and oxygen atoms in total. The maximum Gasteiger partial charge on any atom is 0.324 e. The number of rotatable bonds is 7. The number of nitrogens with one attached hydrogen (secondary N) is 3. The van der Waals surface area contributed by atoms with Crippen molar-refractivity contribution in [3.05, 3.63) is 89.6 Å². The number of ether oxygens (including phenoxy) is 2. The zero-order valence-corrected chi connectivity index (χ0v) is 27.5. The number of piperidine rings is 1. The van der Waals surface area contributed by atoms with Crippen LogP contribution in [0.4, 0.5) is 16.3 Å². The van der Waals surface area contributed by atoms with Gasteiger partial charge < -0.3 is 20.1 Å². The molecule has 1 saturated heterocycles. The highest BCUT2D eigenvalue weighted by molar-refractivity contribution is 7.91. The largest absolute Gasteiger partial charge is 0.486 e. The number of carbonyl (C=O) groups is 1. The van der Waals surface area contributed by atoms with Gasteiger partial charge in [-0.2, -0.15) is 5.10 Å². The molecular formula is C35H41N5O5S. The first-order valence-corrected chi connectivity index (χ1v) is 17.2. The van der Waals surface area contributed by atoms with E-state index in [9.17, 15) is 13.2 Å². The average molecular weight is 644 g/mol. The van der Waals surface area contributed by atoms with Gasteiger partial charge in [-0.15, -0.1) is 0 Å². The Bertz CT molecular complexity index is 1820. The standard InChI is InChI=1S/C35H41N5O5S/c1-23-9-11-25(12-10-23)40-32(22-31(39-40)35(2,3)4)38-34(41)37-28-8-6-5-7-27(28)33(24-15-17-36-18-16-24)46(42,43)26-13-14-29-30(21-26)45-20-19-44-29/h5-14,21-22,24,33,36H,15-20H2,1-4H3,(H2,37,38,41). The first-order valence-electron chi connectivity index (χ1n) is 15.7. The van der Waals surface area contributed by atoms with Crippen LogP contribution in [0.15, 0.2) is 77.7 Å². The SMILES string of the molecule is Cc1ccc(-n2nc(C(C)(C)C)cc2NC(=O)Nc2ccccc2C(C2CCNCC2)S(=O)(=O)c2ccc3c(c2)OCCO3)cc1. The van der Waals surface area contributed by atoms with Gasteiger partial charge in [0.15, 0.2) is 21.3 Å². The smallest absolute Gasteiger partial charge is 0.324 e. The summed E-state index contributed by atoms with van der Waals surface area (Å²) in [5.41, 5.74) is 3.47. The fourth-order valence-corrected chi connectivity index (χ4v) is 8.16. The number of fused-ring (bicyclic) bond motifs is 1. The van der Waals surface area contributed by atoms with Crippen molar-refractivity contribution in [3.8, 4) is 17.2 Å². The third-order valence-corrected chi connectivity index (χ3v) is 10.7. The number of hydrogen-bond acceptors (Lipinski definition) is 7. The lowest BCUT2D eigenvalue weighted by atomic mass is 9.89. The van der Waals surface area contributed by atoms with E-state index in [0.717, 1.165) is 16.9 Å². The second-order valence-corrected chi connectivity index (χ2v) is 15.0. The fraction of sp³-hybridized carbons (Fsp3) is 0.371. The van der Waals surface area contributed by atoms with Crippen LogP contribution >= 0.6 is 0 Å². The van der Waals surface area contributed by atoms with Crippen LogP contribution in [0.5, 0.6) is 11.5 Å². The lowest BCUT2D eigenvalue weighted by Gasteiger charge is -2.32. The second-order valence-electron chi connectivity index (χ2n) is 12.9. The average Bonchev–Trinajstić information content (AvgIpc) is 3.47. The van der Waals surface area contributed by atoms with Crippen molar-refractivity contribution < 1.29 is 22.7 Å². The zero-order valence-electron chi connectivity index (χ0n) is 26.7. The number of aryl methyl sites for hydroxylation is 1. The highest BCUT2D eigenvalue weighted by Gasteiger charge is 2.39. The molecule has 4 aromatic rings. The Labute approximate surface area is 270 Å². The molecule has 1 unspecified atom stereocenters. The number of benzene rings is 3. The third kappa shape index (κ3) is 6.61. The van der Waals surface area contributed by atoms with Gasteiger partial charge in [0, 0.05) is 23.2 Å². The Morgan fingerprint density at radius 1 is 0.935 bits per heavy atom. The monoisotopic (exact) mass is 643 g/mol. The summed E-state index contributed by atoms with van der Waals surface area (Å²) in [5, 5.41) is 13.2. The van der Waals surface area contributed by atoms with Gasteiger partial charge in [0.2, 0.25) is 0 Å². The Morgan fingerprint density at radius 2 is 1.63 bits per heavy atom. The molecule has 3 aromatic carbocycles. The maximum absolute atomic E-state index is 14.5. The lowest BCUT2D eigenvalue weighted by molar-refractivity contribution is 0.171. The van der Waals surface area contributed by atoms with E-state index in [1.165, 1.54) is 0 Å². The molecule has 1 atom stereocenters. The number of urea groups is 1. The molecule has 0 aliphatic carbocycles. The van der Waals surface area contributed by atoms with Gasteiger partial charge in [0.05, 0.1) is 21.5 Å². The predicted octanol–water partition coefficient (Wildman–Crippen LogP) is 6.41. The summed E-state index contributed by atoms with van der Waals surface area (Å²) in [6.45, 7) is 10.4. The van der Waals surface area contributed by atoms with E-state index in [1.54, 1.807) is 41.1 Å². The van der Waals surface area contributed by atoms with Crippen LogP contribution in [0.2, 0.25) is 0 Å². The van der Waals surface area contributed by atoms with Crippen LogP contribution in [-0.2, 0) is 15.3 Å². The van der Waals surface area contributed by atoms with Crippen LogP contribution in [0, 0.1) is 12.8 Å². The second kappa shape index (κ2) is 12.8. The molecular weight excluding hydrogens is 602 g/mol. The summed E-state index contributed by atoms with van der Waals surface area (Å²) in [5.74, 6) is 1.29. The van der Waals surface area contributed by atoms with Crippen LogP contribution in [0.1, 0.15) is 55.7 Å². The number of sulfone groups is 1. The predicted molar refractivity (Wildman–Crippen MR) is 179 cm³/mol. The summed E-state index contributed by atoms with van der Waals surface area (Å²) in [4.78, 5) is 13.8. The van der Waals surface area contributed by atoms with Crippen LogP contribution < -0.4 is 25.4 Å². The third-order valence-electron chi connectivity index (χ3n) is 8.50. The molecule has 0 radical (unpaired) electrons. The lowest BCUT2D eigenvalue weighted by Crippen LogP contribution is -2.34. The summed E-state index contributed by atoms with van der Waals surface area (Å²) >= 11 is 0. The number of hydrogen-bond donors (Lipinski definition) is 3. The van der Waals surface area contributed by atoms with Crippen LogP contribution in [0.25, 0.3) is 5.69 Å². The van der Waals surface area contributed by atoms with E-state index in [0.29, 0.717) is 67.7 Å². The van der Waals surface area contributed by atoms with Crippen LogP contribution in [0.3, 0.4) is 0 Å². The molecule has 2 aliphatic heterocycles. The maximum atomic E-state index is 14.5. The van der Waals surface area contributed by atoms with Gasteiger partial charge in [0.25, 0.3) is 0 Å². The van der Waals surface area contributed by atoms with E-state index < -0.39 is 21.1 Å². The molecule has 0 spiro atoms. The number of amides is 2. The van der Waals surface area contributed by atoms with Gasteiger partial charge in [-0.3, -0.25) is 5.32 Å². The number of anilines is 2. The molecule has 242 valence electrons. The van der Waals surface area contributed by atoms with Gasteiger partial charge in [0.1, 0.15) is 19.0 Å². The number of aromatic nitrogens is 2. The first kappa shape index (κ1) is 31.6. The minimum absolute atomic E-state index is 0.163. The van der Waals surface area contributed by atoms with E-state index in [-0.39, 0.29) is 16.2 Å². The Balaban J connectivity index is 1.34. The first-order chi connectivity index (χ1) is 22.0. The Morgan fingerprint density at radius 3 is 2.35 bits per heavy atom.